The van der Waals surface area contributed by atoms with Crippen molar-refractivity contribution in [3.8, 4) is 11.1 Å². The highest BCUT2D eigenvalue weighted by Crippen LogP contribution is 2.43. The molecule has 0 saturated carbocycles. The van der Waals surface area contributed by atoms with Crippen LogP contribution in [0.3, 0.4) is 0 Å². The highest BCUT2D eigenvalue weighted by atomic mass is 35.5. The van der Waals surface area contributed by atoms with Crippen LogP contribution in [0.15, 0.2) is 36.5 Å². The summed E-state index contributed by atoms with van der Waals surface area (Å²) < 4.78 is 0. The lowest BCUT2D eigenvalue weighted by molar-refractivity contribution is -0.117. The molecule has 2 atom stereocenters. The molecule has 1 aromatic heterocycles. The molecule has 30 heavy (non-hydrogen) atoms. The standard InChI is InChI=1S/C22H28N4O3.ClH/c1-13(2)25(22(28)29)20-10-14(3)26(15(4)27)19-8-6-16(11-18(19)20)17-7-9-21(23-5)24-12-17;/h6-9,11-14,20H,10H2,1-5H3,(H,23,24)(H,28,29);1H/t14-,20+;/m0./s1. The van der Waals surface area contributed by atoms with Crippen LogP contribution in [0.1, 0.15) is 45.7 Å². The van der Waals surface area contributed by atoms with Crippen LogP contribution in [0, 0.1) is 0 Å². The van der Waals surface area contributed by atoms with Crippen LogP contribution in [-0.4, -0.2) is 46.1 Å². The second-order valence-corrected chi connectivity index (χ2v) is 7.73. The molecular formula is C22H29ClN4O3. The number of aromatic nitrogens is 1. The minimum Gasteiger partial charge on any atom is -0.465 e. The molecule has 3 rings (SSSR count). The molecule has 0 bridgehead atoms. The lowest BCUT2D eigenvalue weighted by Gasteiger charge is -2.43. The Morgan fingerprint density at radius 2 is 1.90 bits per heavy atom. The van der Waals surface area contributed by atoms with E-state index in [2.05, 4.69) is 10.3 Å². The Bertz CT molecular complexity index is 917. The maximum Gasteiger partial charge on any atom is 0.408 e. The molecule has 1 aromatic carbocycles. The first-order chi connectivity index (χ1) is 13.7. The number of hydrogen-bond donors (Lipinski definition) is 2. The Balaban J connectivity index is 0.00000320. The number of carbonyl (C=O) groups is 2. The quantitative estimate of drug-likeness (QED) is 0.725. The summed E-state index contributed by atoms with van der Waals surface area (Å²) in [6.45, 7) is 7.26. The summed E-state index contributed by atoms with van der Waals surface area (Å²) in [5.74, 6) is 0.731. The fourth-order valence-electron chi connectivity index (χ4n) is 4.18. The van der Waals surface area contributed by atoms with E-state index in [1.54, 1.807) is 18.0 Å². The van der Waals surface area contributed by atoms with Crippen molar-refractivity contribution >= 4 is 35.9 Å². The largest absolute Gasteiger partial charge is 0.465 e. The number of halogens is 1. The predicted molar refractivity (Wildman–Crippen MR) is 121 cm³/mol. The zero-order valence-corrected chi connectivity index (χ0v) is 18.7. The van der Waals surface area contributed by atoms with Gasteiger partial charge in [0.1, 0.15) is 5.82 Å². The number of pyridine rings is 1. The van der Waals surface area contributed by atoms with E-state index in [1.165, 1.54) is 4.90 Å². The van der Waals surface area contributed by atoms with Crippen molar-refractivity contribution in [2.75, 3.05) is 17.3 Å². The summed E-state index contributed by atoms with van der Waals surface area (Å²) in [6, 6.07) is 9.15. The zero-order chi connectivity index (χ0) is 21.3. The van der Waals surface area contributed by atoms with E-state index in [0.717, 1.165) is 28.2 Å². The van der Waals surface area contributed by atoms with E-state index in [-0.39, 0.29) is 36.4 Å². The molecule has 8 heteroatoms. The Labute approximate surface area is 183 Å². The van der Waals surface area contributed by atoms with E-state index < -0.39 is 6.09 Å². The summed E-state index contributed by atoms with van der Waals surface area (Å²) in [5, 5.41) is 12.9. The third kappa shape index (κ3) is 4.36. The van der Waals surface area contributed by atoms with E-state index >= 15 is 0 Å². The molecule has 0 saturated heterocycles. The average Bonchev–Trinajstić information content (AvgIpc) is 2.67. The van der Waals surface area contributed by atoms with E-state index in [4.69, 9.17) is 0 Å². The van der Waals surface area contributed by atoms with Gasteiger partial charge in [0, 0.05) is 43.5 Å². The Morgan fingerprint density at radius 3 is 2.40 bits per heavy atom. The lowest BCUT2D eigenvalue weighted by atomic mass is 9.88. The number of nitrogens with one attached hydrogen (secondary N) is 1. The van der Waals surface area contributed by atoms with Gasteiger partial charge in [-0.05, 0) is 62.6 Å². The van der Waals surface area contributed by atoms with E-state index in [9.17, 15) is 14.7 Å². The van der Waals surface area contributed by atoms with Gasteiger partial charge in [-0.25, -0.2) is 9.78 Å². The molecule has 1 aliphatic heterocycles. The van der Waals surface area contributed by atoms with Gasteiger partial charge in [-0.15, -0.1) is 12.4 Å². The van der Waals surface area contributed by atoms with Crippen LogP contribution in [-0.2, 0) is 4.79 Å². The molecule has 0 spiro atoms. The molecule has 0 aliphatic carbocycles. The topological polar surface area (TPSA) is 85.8 Å². The van der Waals surface area contributed by atoms with E-state index in [1.807, 2.05) is 58.2 Å². The lowest BCUT2D eigenvalue weighted by Crippen LogP contribution is -2.48. The molecule has 1 aliphatic rings. The van der Waals surface area contributed by atoms with Gasteiger partial charge in [-0.2, -0.15) is 0 Å². The summed E-state index contributed by atoms with van der Waals surface area (Å²) in [7, 11) is 1.81. The van der Waals surface area contributed by atoms with Crippen molar-refractivity contribution in [2.24, 2.45) is 0 Å². The highest BCUT2D eigenvalue weighted by molar-refractivity contribution is 5.94. The number of amides is 2. The maximum atomic E-state index is 12.3. The normalized spacial score (nSPS) is 17.7. The number of fused-ring (bicyclic) bond motifs is 1. The third-order valence-electron chi connectivity index (χ3n) is 5.46. The average molecular weight is 433 g/mol. The van der Waals surface area contributed by atoms with Crippen LogP contribution in [0.5, 0.6) is 0 Å². The van der Waals surface area contributed by atoms with Gasteiger partial charge in [0.15, 0.2) is 0 Å². The van der Waals surface area contributed by atoms with Crippen LogP contribution in [0.25, 0.3) is 11.1 Å². The fourth-order valence-corrected chi connectivity index (χ4v) is 4.18. The van der Waals surface area contributed by atoms with Crippen LogP contribution < -0.4 is 10.2 Å². The summed E-state index contributed by atoms with van der Waals surface area (Å²) in [4.78, 5) is 32.0. The van der Waals surface area contributed by atoms with Gasteiger partial charge in [0.25, 0.3) is 0 Å². The van der Waals surface area contributed by atoms with Crippen LogP contribution >= 0.6 is 12.4 Å². The number of benzene rings is 1. The number of carboxylic acid groups (broad SMARTS) is 1. The van der Waals surface area contributed by atoms with E-state index in [0.29, 0.717) is 6.42 Å². The zero-order valence-electron chi connectivity index (χ0n) is 17.9. The number of hydrogen-bond acceptors (Lipinski definition) is 4. The third-order valence-corrected chi connectivity index (χ3v) is 5.46. The van der Waals surface area contributed by atoms with Crippen molar-refractivity contribution in [1.29, 1.82) is 0 Å². The number of anilines is 2. The van der Waals surface area contributed by atoms with Crippen molar-refractivity contribution in [3.05, 3.63) is 42.1 Å². The molecule has 0 unspecified atom stereocenters. The van der Waals surface area contributed by atoms with Crippen LogP contribution in [0.4, 0.5) is 16.3 Å². The molecule has 2 N–H and O–H groups in total. The second-order valence-electron chi connectivity index (χ2n) is 7.73. The van der Waals surface area contributed by atoms with Gasteiger partial charge in [0.2, 0.25) is 5.91 Å². The summed E-state index contributed by atoms with van der Waals surface area (Å²) >= 11 is 0. The monoisotopic (exact) mass is 432 g/mol. The summed E-state index contributed by atoms with van der Waals surface area (Å²) in [5.41, 5.74) is 3.50. The van der Waals surface area contributed by atoms with Crippen molar-refractivity contribution in [3.63, 3.8) is 0 Å². The number of nitrogens with zero attached hydrogens (tertiary/aromatic N) is 3. The molecule has 7 nitrogen and oxygen atoms in total. The molecule has 2 aromatic rings. The van der Waals surface area contributed by atoms with Crippen molar-refractivity contribution in [1.82, 2.24) is 9.88 Å². The van der Waals surface area contributed by atoms with Gasteiger partial charge in [-0.3, -0.25) is 9.69 Å². The van der Waals surface area contributed by atoms with Crippen molar-refractivity contribution < 1.29 is 14.7 Å². The Kier molecular flexibility index (Phi) is 7.31. The van der Waals surface area contributed by atoms with Crippen molar-refractivity contribution in [2.45, 2.75) is 52.2 Å². The summed E-state index contributed by atoms with van der Waals surface area (Å²) in [6.07, 6.45) is 1.39. The molecule has 2 heterocycles. The van der Waals surface area contributed by atoms with Gasteiger partial charge >= 0.3 is 6.09 Å². The minimum absolute atomic E-state index is 0. The molecule has 0 radical (unpaired) electrons. The fraction of sp³-hybridized carbons (Fsp3) is 0.409. The molecule has 162 valence electrons. The van der Waals surface area contributed by atoms with Gasteiger partial charge < -0.3 is 15.3 Å². The first kappa shape index (κ1) is 23.5. The first-order valence-corrected chi connectivity index (χ1v) is 9.83. The molecule has 2 amide bonds. The molecular weight excluding hydrogens is 404 g/mol. The SMILES string of the molecule is CNc1ccc(-c2ccc3c(c2)[C@H](N(C(=O)O)C(C)C)C[C@H](C)N3C(C)=O)cn1.Cl. The number of carbonyl (C=O) groups excluding carboxylic acids is 1. The first-order valence-electron chi connectivity index (χ1n) is 9.83. The van der Waals surface area contributed by atoms with Gasteiger partial charge in [0.05, 0.1) is 6.04 Å². The van der Waals surface area contributed by atoms with Crippen LogP contribution in [0.2, 0.25) is 0 Å². The Hall–Kier alpha value is -2.80. The molecule has 0 fully saturated rings. The highest BCUT2D eigenvalue weighted by Gasteiger charge is 2.38. The number of rotatable bonds is 4. The van der Waals surface area contributed by atoms with Gasteiger partial charge in [-0.1, -0.05) is 6.07 Å². The minimum atomic E-state index is -0.954. The smallest absolute Gasteiger partial charge is 0.408 e. The Morgan fingerprint density at radius 1 is 1.23 bits per heavy atom. The maximum absolute atomic E-state index is 12.3. The second kappa shape index (κ2) is 9.34. The predicted octanol–water partition coefficient (Wildman–Crippen LogP) is 4.79.